The third kappa shape index (κ3) is 12.1. The first-order valence-electron chi connectivity index (χ1n) is 12.5. The standard InChI is InChI=1S/C25H45NO6/c1-4-21-10-6-8-13-26(24(28)12-15-31-18-19-32-17-16-30-3)14-9-7-11-22(25(21)29)20-23(27)5-2/h21-22H,4-20H2,1-3H3/t21-,22?/m0/s1. The van der Waals surface area contributed by atoms with Crippen LogP contribution in [-0.4, -0.2) is 75.6 Å². The summed E-state index contributed by atoms with van der Waals surface area (Å²) in [4.78, 5) is 39.7. The highest BCUT2D eigenvalue weighted by Gasteiger charge is 2.27. The van der Waals surface area contributed by atoms with Crippen LogP contribution in [0.4, 0.5) is 0 Å². The van der Waals surface area contributed by atoms with Gasteiger partial charge in [0.15, 0.2) is 0 Å². The highest BCUT2D eigenvalue weighted by molar-refractivity contribution is 5.89. The minimum absolute atomic E-state index is 0.0349. The minimum Gasteiger partial charge on any atom is -0.382 e. The van der Waals surface area contributed by atoms with Crippen molar-refractivity contribution in [2.75, 3.05) is 53.2 Å². The Hall–Kier alpha value is -1.31. The van der Waals surface area contributed by atoms with Gasteiger partial charge in [-0.2, -0.15) is 0 Å². The van der Waals surface area contributed by atoms with E-state index in [1.165, 1.54) is 0 Å². The number of amides is 1. The first-order chi connectivity index (χ1) is 15.5. The number of carbonyl (C=O) groups excluding carboxylic acids is 3. The van der Waals surface area contributed by atoms with E-state index in [0.717, 1.165) is 51.5 Å². The Kier molecular flexibility index (Phi) is 16.3. The smallest absolute Gasteiger partial charge is 0.224 e. The van der Waals surface area contributed by atoms with Gasteiger partial charge in [0.05, 0.1) is 39.5 Å². The van der Waals surface area contributed by atoms with Crippen LogP contribution in [-0.2, 0) is 28.6 Å². The summed E-state index contributed by atoms with van der Waals surface area (Å²) in [6, 6.07) is 0. The third-order valence-corrected chi connectivity index (χ3v) is 6.24. The molecule has 0 saturated carbocycles. The zero-order valence-corrected chi connectivity index (χ0v) is 20.6. The van der Waals surface area contributed by atoms with Crippen LogP contribution in [0, 0.1) is 11.8 Å². The Morgan fingerprint density at radius 1 is 0.875 bits per heavy atom. The molecule has 0 spiro atoms. The fourth-order valence-corrected chi connectivity index (χ4v) is 4.17. The van der Waals surface area contributed by atoms with Crippen LogP contribution in [0.3, 0.4) is 0 Å². The maximum Gasteiger partial charge on any atom is 0.224 e. The van der Waals surface area contributed by atoms with Crippen molar-refractivity contribution in [2.24, 2.45) is 11.8 Å². The molecule has 1 aliphatic heterocycles. The van der Waals surface area contributed by atoms with Crippen molar-refractivity contribution in [2.45, 2.75) is 78.1 Å². The lowest BCUT2D eigenvalue weighted by molar-refractivity contribution is -0.133. The van der Waals surface area contributed by atoms with Crippen molar-refractivity contribution in [3.8, 4) is 0 Å². The average molecular weight is 456 g/mol. The SMILES string of the molecule is CCC(=O)CC1CCCCN(C(=O)CCOCCOCCOC)CCCC[C@H](CC)C1=O. The van der Waals surface area contributed by atoms with Crippen molar-refractivity contribution in [3.05, 3.63) is 0 Å². The number of hydrogen-bond donors (Lipinski definition) is 0. The van der Waals surface area contributed by atoms with Gasteiger partial charge < -0.3 is 19.1 Å². The molecular formula is C25H45NO6. The number of carbonyl (C=O) groups is 3. The molecule has 0 radical (unpaired) electrons. The first-order valence-corrected chi connectivity index (χ1v) is 12.5. The predicted octanol–water partition coefficient (Wildman–Crippen LogP) is 3.82. The molecular weight excluding hydrogens is 410 g/mol. The summed E-state index contributed by atoms with van der Waals surface area (Å²) in [5.41, 5.74) is 0. The van der Waals surface area contributed by atoms with Crippen molar-refractivity contribution in [3.63, 3.8) is 0 Å². The molecule has 0 bridgehead atoms. The van der Waals surface area contributed by atoms with Crippen LogP contribution in [0.1, 0.15) is 78.1 Å². The second kappa shape index (κ2) is 18.2. The highest BCUT2D eigenvalue weighted by atomic mass is 16.5. The molecule has 1 heterocycles. The van der Waals surface area contributed by atoms with Gasteiger partial charge in [0.1, 0.15) is 11.6 Å². The van der Waals surface area contributed by atoms with Crippen LogP contribution >= 0.6 is 0 Å². The topological polar surface area (TPSA) is 82.1 Å². The Balaban J connectivity index is 2.49. The van der Waals surface area contributed by atoms with Crippen LogP contribution in [0.15, 0.2) is 0 Å². The second-order valence-corrected chi connectivity index (χ2v) is 8.64. The molecule has 1 fully saturated rings. The number of hydrogen-bond acceptors (Lipinski definition) is 6. The fraction of sp³-hybridized carbons (Fsp3) is 0.880. The maximum atomic E-state index is 13.0. The third-order valence-electron chi connectivity index (χ3n) is 6.24. The number of methoxy groups -OCH3 is 1. The average Bonchev–Trinajstić information content (AvgIpc) is 2.79. The summed E-state index contributed by atoms with van der Waals surface area (Å²) in [7, 11) is 1.64. The highest BCUT2D eigenvalue weighted by Crippen LogP contribution is 2.25. The van der Waals surface area contributed by atoms with E-state index in [0.29, 0.717) is 58.8 Å². The van der Waals surface area contributed by atoms with Gasteiger partial charge in [-0.15, -0.1) is 0 Å². The van der Waals surface area contributed by atoms with E-state index in [1.807, 2.05) is 11.8 Å². The summed E-state index contributed by atoms with van der Waals surface area (Å²) >= 11 is 0. The van der Waals surface area contributed by atoms with E-state index < -0.39 is 0 Å². The van der Waals surface area contributed by atoms with Crippen molar-refractivity contribution >= 4 is 17.5 Å². The Morgan fingerprint density at radius 2 is 1.47 bits per heavy atom. The molecule has 0 aliphatic carbocycles. The van der Waals surface area contributed by atoms with Gasteiger partial charge in [0.2, 0.25) is 5.91 Å². The number of ether oxygens (including phenoxy) is 3. The number of ketones is 2. The molecule has 1 aliphatic rings. The molecule has 1 unspecified atom stereocenters. The summed E-state index contributed by atoms with van der Waals surface area (Å²) in [5.74, 6) is 0.462. The molecule has 7 heteroatoms. The molecule has 7 nitrogen and oxygen atoms in total. The van der Waals surface area contributed by atoms with Crippen LogP contribution < -0.4 is 0 Å². The summed E-state index contributed by atoms with van der Waals surface area (Å²) in [6.07, 6.45) is 7.22. The van der Waals surface area contributed by atoms with Crippen molar-refractivity contribution < 1.29 is 28.6 Å². The molecule has 1 rings (SSSR count). The largest absolute Gasteiger partial charge is 0.382 e. The molecule has 186 valence electrons. The Labute approximate surface area is 194 Å². The van der Waals surface area contributed by atoms with E-state index in [-0.39, 0.29) is 29.3 Å². The van der Waals surface area contributed by atoms with Crippen molar-refractivity contribution in [1.29, 1.82) is 0 Å². The molecule has 32 heavy (non-hydrogen) atoms. The summed E-state index contributed by atoms with van der Waals surface area (Å²) in [5, 5.41) is 0. The quantitative estimate of drug-likeness (QED) is 0.393. The first kappa shape index (κ1) is 28.7. The van der Waals surface area contributed by atoms with E-state index in [9.17, 15) is 14.4 Å². The van der Waals surface area contributed by atoms with E-state index >= 15 is 0 Å². The maximum absolute atomic E-state index is 13.0. The molecule has 1 saturated heterocycles. The van der Waals surface area contributed by atoms with Crippen LogP contribution in [0.5, 0.6) is 0 Å². The van der Waals surface area contributed by atoms with Gasteiger partial charge in [-0.05, 0) is 32.1 Å². The van der Waals surface area contributed by atoms with Gasteiger partial charge in [0, 0.05) is 44.9 Å². The normalized spacial score (nSPS) is 21.1. The van der Waals surface area contributed by atoms with Crippen LogP contribution in [0.25, 0.3) is 0 Å². The van der Waals surface area contributed by atoms with E-state index in [4.69, 9.17) is 14.2 Å². The van der Waals surface area contributed by atoms with Gasteiger partial charge in [-0.1, -0.05) is 26.7 Å². The fourth-order valence-electron chi connectivity index (χ4n) is 4.17. The van der Waals surface area contributed by atoms with Crippen LogP contribution in [0.2, 0.25) is 0 Å². The lowest BCUT2D eigenvalue weighted by Crippen LogP contribution is -2.34. The summed E-state index contributed by atoms with van der Waals surface area (Å²) in [6.45, 7) is 7.85. The lowest BCUT2D eigenvalue weighted by atomic mass is 9.81. The second-order valence-electron chi connectivity index (χ2n) is 8.64. The van der Waals surface area contributed by atoms with E-state index in [1.54, 1.807) is 7.11 Å². The Bertz CT molecular complexity index is 539. The van der Waals surface area contributed by atoms with Gasteiger partial charge in [-0.3, -0.25) is 14.4 Å². The van der Waals surface area contributed by atoms with Crippen molar-refractivity contribution in [1.82, 2.24) is 4.90 Å². The van der Waals surface area contributed by atoms with Gasteiger partial charge in [0.25, 0.3) is 0 Å². The minimum atomic E-state index is -0.157. The molecule has 2 atom stereocenters. The molecule has 0 aromatic rings. The monoisotopic (exact) mass is 455 g/mol. The number of rotatable bonds is 13. The lowest BCUT2D eigenvalue weighted by Gasteiger charge is -2.26. The molecule has 0 aromatic heterocycles. The van der Waals surface area contributed by atoms with Gasteiger partial charge >= 0.3 is 0 Å². The molecule has 0 N–H and O–H groups in total. The van der Waals surface area contributed by atoms with Gasteiger partial charge in [-0.25, -0.2) is 0 Å². The summed E-state index contributed by atoms with van der Waals surface area (Å²) < 4.78 is 15.8. The Morgan fingerprint density at radius 3 is 2.06 bits per heavy atom. The predicted molar refractivity (Wildman–Crippen MR) is 125 cm³/mol. The number of nitrogens with zero attached hydrogens (tertiary/aromatic N) is 1. The molecule has 1 amide bonds. The molecule has 0 aromatic carbocycles. The zero-order chi connectivity index (χ0) is 23.6. The number of Topliss-reactive ketones (excluding diaryl/α,β-unsaturated/α-hetero) is 2. The zero-order valence-electron chi connectivity index (χ0n) is 20.6. The van der Waals surface area contributed by atoms with E-state index in [2.05, 4.69) is 6.92 Å².